The number of hydrogen-bond donors (Lipinski definition) is 1. The van der Waals surface area contributed by atoms with Crippen LogP contribution in [0.25, 0.3) is 11.0 Å². The van der Waals surface area contributed by atoms with Crippen molar-refractivity contribution in [3.63, 3.8) is 0 Å². The number of fused-ring (bicyclic) bond motifs is 1. The minimum absolute atomic E-state index is 0.0485. The van der Waals surface area contributed by atoms with E-state index >= 15 is 0 Å². The van der Waals surface area contributed by atoms with Crippen LogP contribution < -0.4 is 15.8 Å². The van der Waals surface area contributed by atoms with E-state index < -0.39 is 5.92 Å². The highest BCUT2D eigenvalue weighted by molar-refractivity contribution is 6.00. The Balaban J connectivity index is 1.20. The highest BCUT2D eigenvalue weighted by Crippen LogP contribution is 2.27. The van der Waals surface area contributed by atoms with Gasteiger partial charge in [0.05, 0.1) is 25.2 Å². The molecule has 1 fully saturated rings. The molecule has 37 heavy (non-hydrogen) atoms. The Labute approximate surface area is 214 Å². The first-order valence-electron chi connectivity index (χ1n) is 12.4. The molecule has 5 rings (SSSR count). The van der Waals surface area contributed by atoms with Crippen LogP contribution in [0.1, 0.15) is 28.7 Å². The molecule has 1 aliphatic heterocycles. The summed E-state index contributed by atoms with van der Waals surface area (Å²) in [5.74, 6) is -0.618. The molecule has 4 aromatic rings. The molecule has 1 saturated heterocycles. The van der Waals surface area contributed by atoms with Gasteiger partial charge in [-0.25, -0.2) is 9.67 Å². The van der Waals surface area contributed by atoms with Gasteiger partial charge in [-0.05, 0) is 49.6 Å². The summed E-state index contributed by atoms with van der Waals surface area (Å²) in [5, 5.41) is 7.67. The number of aromatic nitrogens is 4. The van der Waals surface area contributed by atoms with E-state index in [2.05, 4.69) is 15.4 Å². The molecule has 1 N–H and O–H groups in total. The number of anilines is 1. The van der Waals surface area contributed by atoms with Crippen LogP contribution in [0.5, 0.6) is 0 Å². The van der Waals surface area contributed by atoms with Gasteiger partial charge in [-0.1, -0.05) is 35.9 Å². The van der Waals surface area contributed by atoms with Gasteiger partial charge in [-0.3, -0.25) is 19.0 Å². The Hall–Kier alpha value is -4.27. The van der Waals surface area contributed by atoms with Crippen LogP contribution in [-0.2, 0) is 22.7 Å². The van der Waals surface area contributed by atoms with Gasteiger partial charge in [-0.2, -0.15) is 5.10 Å². The fourth-order valence-electron chi connectivity index (χ4n) is 4.74. The van der Waals surface area contributed by atoms with Crippen LogP contribution >= 0.6 is 0 Å². The largest absolute Gasteiger partial charge is 0.354 e. The van der Waals surface area contributed by atoms with E-state index in [0.29, 0.717) is 37.2 Å². The second kappa shape index (κ2) is 10.0. The summed E-state index contributed by atoms with van der Waals surface area (Å²) in [6.07, 6.45) is 3.25. The number of nitrogens with zero attached hydrogens (tertiary/aromatic N) is 5. The van der Waals surface area contributed by atoms with Gasteiger partial charge >= 0.3 is 0 Å². The third-order valence-corrected chi connectivity index (χ3v) is 6.98. The van der Waals surface area contributed by atoms with Crippen LogP contribution in [0, 0.1) is 26.7 Å². The summed E-state index contributed by atoms with van der Waals surface area (Å²) in [7, 11) is 0. The monoisotopic (exact) mass is 498 g/mol. The standard InChI is InChI=1S/C28H30N6O3/c1-18-5-4-6-21(11-18)15-32-17-30-26-24(28(32)37)14-31-34(26)10-9-29-27(36)22-13-25(35)33(16-22)23-8-7-19(2)20(3)12-23/h4-8,11-12,14,17,22H,9-10,13,15-16H2,1-3H3,(H,29,36). The summed E-state index contributed by atoms with van der Waals surface area (Å²) in [4.78, 5) is 44.5. The van der Waals surface area contributed by atoms with E-state index in [1.54, 1.807) is 14.1 Å². The quantitative estimate of drug-likeness (QED) is 0.422. The molecular weight excluding hydrogens is 468 g/mol. The second-order valence-electron chi connectivity index (χ2n) is 9.74. The van der Waals surface area contributed by atoms with E-state index in [9.17, 15) is 14.4 Å². The number of benzene rings is 2. The fraction of sp³-hybridized carbons (Fsp3) is 0.321. The lowest BCUT2D eigenvalue weighted by molar-refractivity contribution is -0.126. The van der Waals surface area contributed by atoms with Gasteiger partial charge in [-0.15, -0.1) is 0 Å². The molecule has 2 aromatic heterocycles. The lowest BCUT2D eigenvalue weighted by Gasteiger charge is -2.18. The van der Waals surface area contributed by atoms with E-state index in [0.717, 1.165) is 27.9 Å². The van der Waals surface area contributed by atoms with E-state index in [4.69, 9.17) is 0 Å². The predicted octanol–water partition coefficient (Wildman–Crippen LogP) is 2.74. The molecule has 3 heterocycles. The number of amides is 2. The van der Waals surface area contributed by atoms with Gasteiger partial charge < -0.3 is 10.2 Å². The highest BCUT2D eigenvalue weighted by atomic mass is 16.2. The molecular formula is C28H30N6O3. The zero-order valence-electron chi connectivity index (χ0n) is 21.3. The van der Waals surface area contributed by atoms with Crippen LogP contribution in [0.3, 0.4) is 0 Å². The maximum absolute atomic E-state index is 13.0. The maximum atomic E-state index is 13.0. The normalized spacial score (nSPS) is 15.5. The number of hydrogen-bond acceptors (Lipinski definition) is 5. The average Bonchev–Trinajstić information content (AvgIpc) is 3.47. The molecule has 0 spiro atoms. The van der Waals surface area contributed by atoms with Crippen molar-refractivity contribution < 1.29 is 9.59 Å². The Bertz CT molecular complexity index is 1550. The Morgan fingerprint density at radius 1 is 1.08 bits per heavy atom. The first-order valence-corrected chi connectivity index (χ1v) is 12.4. The van der Waals surface area contributed by atoms with Crippen LogP contribution in [-0.4, -0.2) is 44.2 Å². The number of nitrogens with one attached hydrogen (secondary N) is 1. The molecule has 190 valence electrons. The van der Waals surface area contributed by atoms with Crippen LogP contribution in [0.15, 0.2) is 59.8 Å². The SMILES string of the molecule is Cc1cccc(Cn2cnc3c(cnn3CCNC(=O)C3CC(=O)N(c4ccc(C)c(C)c4)C3)c2=O)c1. The average molecular weight is 499 g/mol. The summed E-state index contributed by atoms with van der Waals surface area (Å²) < 4.78 is 3.19. The molecule has 2 aromatic carbocycles. The lowest BCUT2D eigenvalue weighted by Crippen LogP contribution is -2.35. The van der Waals surface area contributed by atoms with Gasteiger partial charge in [0.15, 0.2) is 5.65 Å². The summed E-state index contributed by atoms with van der Waals surface area (Å²) in [6, 6.07) is 13.9. The smallest absolute Gasteiger partial charge is 0.264 e. The molecule has 0 aliphatic carbocycles. The van der Waals surface area contributed by atoms with Gasteiger partial charge in [0.1, 0.15) is 11.7 Å². The topological polar surface area (TPSA) is 102 Å². The third-order valence-electron chi connectivity index (χ3n) is 6.98. The third kappa shape index (κ3) is 5.02. The maximum Gasteiger partial charge on any atom is 0.264 e. The van der Waals surface area contributed by atoms with Gasteiger partial charge in [0, 0.05) is 25.2 Å². The molecule has 0 saturated carbocycles. The predicted molar refractivity (Wildman–Crippen MR) is 141 cm³/mol. The zero-order chi connectivity index (χ0) is 26.1. The van der Waals surface area contributed by atoms with E-state index in [1.807, 2.05) is 63.2 Å². The minimum atomic E-state index is -0.407. The van der Waals surface area contributed by atoms with Gasteiger partial charge in [0.2, 0.25) is 11.8 Å². The number of rotatable bonds is 7. The van der Waals surface area contributed by atoms with Crippen molar-refractivity contribution in [2.45, 2.75) is 40.3 Å². The van der Waals surface area contributed by atoms with Crippen molar-refractivity contribution in [3.05, 3.63) is 87.6 Å². The Morgan fingerprint density at radius 3 is 2.70 bits per heavy atom. The van der Waals surface area contributed by atoms with Crippen molar-refractivity contribution in [1.82, 2.24) is 24.6 Å². The van der Waals surface area contributed by atoms with E-state index in [-0.39, 0.29) is 23.8 Å². The molecule has 0 radical (unpaired) electrons. The highest BCUT2D eigenvalue weighted by Gasteiger charge is 2.35. The second-order valence-corrected chi connectivity index (χ2v) is 9.74. The molecule has 1 aliphatic rings. The zero-order valence-corrected chi connectivity index (χ0v) is 21.3. The van der Waals surface area contributed by atoms with E-state index in [1.165, 1.54) is 12.5 Å². The van der Waals surface area contributed by atoms with Crippen molar-refractivity contribution in [2.75, 3.05) is 18.0 Å². The Morgan fingerprint density at radius 2 is 1.92 bits per heavy atom. The molecule has 9 heteroatoms. The molecule has 0 bridgehead atoms. The van der Waals surface area contributed by atoms with Crippen molar-refractivity contribution in [3.8, 4) is 0 Å². The van der Waals surface area contributed by atoms with Crippen molar-refractivity contribution in [2.24, 2.45) is 5.92 Å². The van der Waals surface area contributed by atoms with Crippen LogP contribution in [0.2, 0.25) is 0 Å². The fourth-order valence-corrected chi connectivity index (χ4v) is 4.74. The molecule has 1 unspecified atom stereocenters. The molecule has 2 amide bonds. The van der Waals surface area contributed by atoms with Crippen molar-refractivity contribution >= 4 is 28.5 Å². The van der Waals surface area contributed by atoms with Crippen molar-refractivity contribution in [1.29, 1.82) is 0 Å². The summed E-state index contributed by atoms with van der Waals surface area (Å²) in [6.45, 7) is 7.53. The van der Waals surface area contributed by atoms with Crippen LogP contribution in [0.4, 0.5) is 5.69 Å². The summed E-state index contributed by atoms with van der Waals surface area (Å²) in [5.41, 5.74) is 5.59. The number of carbonyl (C=O) groups excluding carboxylic acids is 2. The molecule has 9 nitrogen and oxygen atoms in total. The number of carbonyl (C=O) groups is 2. The van der Waals surface area contributed by atoms with Gasteiger partial charge in [0.25, 0.3) is 5.56 Å². The first-order chi connectivity index (χ1) is 17.8. The number of aryl methyl sites for hydroxylation is 3. The summed E-state index contributed by atoms with van der Waals surface area (Å²) >= 11 is 0. The Kier molecular flexibility index (Phi) is 6.60. The first kappa shape index (κ1) is 24.4. The minimum Gasteiger partial charge on any atom is -0.354 e. The lowest BCUT2D eigenvalue weighted by atomic mass is 10.1. The molecule has 1 atom stereocenters.